The number of hydrogen-bond acceptors (Lipinski definition) is 8. The maximum Gasteiger partial charge on any atom is 0.239 e. The molecule has 5 rings (SSSR count). The van der Waals surface area contributed by atoms with E-state index in [2.05, 4.69) is 15.0 Å². The third-order valence-corrected chi connectivity index (χ3v) is 9.46. The number of nitrogens with zero attached hydrogens (tertiary/aromatic N) is 4. The Kier molecular flexibility index (Phi) is 4.96. The van der Waals surface area contributed by atoms with Crippen molar-refractivity contribution in [1.82, 2.24) is 14.3 Å². The van der Waals surface area contributed by atoms with Crippen LogP contribution in [0.3, 0.4) is 0 Å². The number of thiophene rings is 1. The molecule has 0 saturated carbocycles. The normalized spacial score (nSPS) is 20.2. The highest BCUT2D eigenvalue weighted by atomic mass is 35.5. The molecule has 8 nitrogen and oxygen atoms in total. The third kappa shape index (κ3) is 3.47. The second kappa shape index (κ2) is 7.51. The molecule has 4 heterocycles. The lowest BCUT2D eigenvalue weighted by molar-refractivity contribution is 0.482. The molecule has 0 saturated heterocycles. The quantitative estimate of drug-likeness (QED) is 0.446. The number of pyridine rings is 1. The fourth-order valence-electron chi connectivity index (χ4n) is 3.82. The number of hydrogen-bond donors (Lipinski definition) is 1. The van der Waals surface area contributed by atoms with Gasteiger partial charge in [0.1, 0.15) is 11.4 Å². The standard InChI is InChI=1S/C21H17ClFN5O3S2/c1-21(9-33(29,30)28(2)20(24)27-21)19-16(22)13-5-6-26-17(18(13)32-19)12-4-3-11(7-14(12)23)15-8-25-10-31-15/h3-8,10H,9H2,1-2H3,(H2,24,27). The molecule has 0 amide bonds. The molecule has 0 radical (unpaired) electrons. The maximum atomic E-state index is 15.1. The first-order valence-electron chi connectivity index (χ1n) is 9.69. The van der Waals surface area contributed by atoms with Crippen molar-refractivity contribution >= 4 is 49.0 Å². The fourth-order valence-corrected chi connectivity index (χ4v) is 7.16. The zero-order valence-corrected chi connectivity index (χ0v) is 19.8. The zero-order valence-electron chi connectivity index (χ0n) is 17.4. The van der Waals surface area contributed by atoms with Gasteiger partial charge in [-0.15, -0.1) is 11.3 Å². The summed E-state index contributed by atoms with van der Waals surface area (Å²) in [5.41, 5.74) is 5.91. The van der Waals surface area contributed by atoms with Gasteiger partial charge in [0.05, 0.1) is 32.2 Å². The Hall–Kier alpha value is -3.02. The molecule has 0 bridgehead atoms. The molecule has 3 aromatic heterocycles. The number of aliphatic imine (C=N–C) groups is 1. The molecule has 1 aromatic carbocycles. The molecule has 1 aliphatic rings. The van der Waals surface area contributed by atoms with Crippen LogP contribution >= 0.6 is 22.9 Å². The van der Waals surface area contributed by atoms with Gasteiger partial charge in [-0.2, -0.15) is 0 Å². The summed E-state index contributed by atoms with van der Waals surface area (Å²) in [6.07, 6.45) is 4.31. The van der Waals surface area contributed by atoms with Crippen molar-refractivity contribution < 1.29 is 17.2 Å². The minimum atomic E-state index is -3.68. The number of benzene rings is 1. The first-order chi connectivity index (χ1) is 15.6. The second-order valence-corrected chi connectivity index (χ2v) is 11.2. The highest BCUT2D eigenvalue weighted by molar-refractivity contribution is 7.89. The van der Waals surface area contributed by atoms with Gasteiger partial charge in [0.15, 0.2) is 12.2 Å². The van der Waals surface area contributed by atoms with E-state index in [0.29, 0.717) is 37.0 Å². The Labute approximate surface area is 197 Å². The lowest BCUT2D eigenvalue weighted by atomic mass is 10.0. The smallest absolute Gasteiger partial charge is 0.239 e. The fraction of sp³-hybridized carbons (Fsp3) is 0.190. The molecule has 1 unspecified atom stereocenters. The van der Waals surface area contributed by atoms with Crippen LogP contribution in [0.1, 0.15) is 11.8 Å². The summed E-state index contributed by atoms with van der Waals surface area (Å²) in [4.78, 5) is 13.2. The van der Waals surface area contributed by atoms with Crippen LogP contribution in [0.4, 0.5) is 4.39 Å². The van der Waals surface area contributed by atoms with E-state index in [0.717, 1.165) is 4.31 Å². The predicted molar refractivity (Wildman–Crippen MR) is 126 cm³/mol. The summed E-state index contributed by atoms with van der Waals surface area (Å²) in [5, 5.41) is 0.975. The predicted octanol–water partition coefficient (Wildman–Crippen LogP) is 4.22. The largest absolute Gasteiger partial charge is 0.444 e. The van der Waals surface area contributed by atoms with E-state index in [1.165, 1.54) is 43.2 Å². The van der Waals surface area contributed by atoms with Gasteiger partial charge < -0.3 is 10.2 Å². The van der Waals surface area contributed by atoms with E-state index in [-0.39, 0.29) is 17.3 Å². The number of fused-ring (bicyclic) bond motifs is 1. The van der Waals surface area contributed by atoms with Gasteiger partial charge in [0.2, 0.25) is 16.0 Å². The average molecular weight is 506 g/mol. The number of rotatable bonds is 3. The van der Waals surface area contributed by atoms with Crippen molar-refractivity contribution in [3.63, 3.8) is 0 Å². The molecule has 33 heavy (non-hydrogen) atoms. The van der Waals surface area contributed by atoms with E-state index < -0.39 is 21.4 Å². The van der Waals surface area contributed by atoms with Gasteiger partial charge in [-0.25, -0.2) is 27.1 Å². The van der Waals surface area contributed by atoms with E-state index in [1.807, 2.05) is 0 Å². The van der Waals surface area contributed by atoms with Crippen molar-refractivity contribution in [2.75, 3.05) is 12.8 Å². The first kappa shape index (κ1) is 21.8. The van der Waals surface area contributed by atoms with Crippen molar-refractivity contribution in [1.29, 1.82) is 0 Å². The Morgan fingerprint density at radius 3 is 2.79 bits per heavy atom. The number of halogens is 2. The van der Waals surface area contributed by atoms with Gasteiger partial charge in [-0.05, 0) is 25.1 Å². The molecule has 0 fully saturated rings. The molecule has 1 aliphatic heterocycles. The monoisotopic (exact) mass is 505 g/mol. The summed E-state index contributed by atoms with van der Waals surface area (Å²) < 4.78 is 47.2. The molecule has 12 heteroatoms. The van der Waals surface area contributed by atoms with Crippen molar-refractivity contribution in [2.24, 2.45) is 10.7 Å². The number of guanidine groups is 1. The van der Waals surface area contributed by atoms with Crippen molar-refractivity contribution in [3.05, 3.63) is 58.8 Å². The number of aromatic nitrogens is 2. The first-order valence-corrected chi connectivity index (χ1v) is 12.5. The van der Waals surface area contributed by atoms with Gasteiger partial charge in [0, 0.05) is 29.8 Å². The number of nitrogens with two attached hydrogens (primary N) is 1. The third-order valence-electron chi connectivity index (χ3n) is 5.54. The molecule has 0 aliphatic carbocycles. The summed E-state index contributed by atoms with van der Waals surface area (Å²) in [5.74, 6) is -0.470. The van der Waals surface area contributed by atoms with E-state index in [9.17, 15) is 8.42 Å². The van der Waals surface area contributed by atoms with Crippen LogP contribution in [0, 0.1) is 5.82 Å². The minimum Gasteiger partial charge on any atom is -0.444 e. The van der Waals surface area contributed by atoms with E-state index in [1.54, 1.807) is 25.1 Å². The van der Waals surface area contributed by atoms with E-state index >= 15 is 4.39 Å². The molecule has 0 spiro atoms. The summed E-state index contributed by atoms with van der Waals surface area (Å²) in [6.45, 7) is 1.67. The maximum absolute atomic E-state index is 15.1. The SMILES string of the molecule is CN1C(N)=NC(C)(c2sc3c(-c4ccc(-c5cnco5)cc4F)nccc3c2Cl)CS1(=O)=O. The lowest BCUT2D eigenvalue weighted by Crippen LogP contribution is -2.50. The van der Waals surface area contributed by atoms with Gasteiger partial charge >= 0.3 is 0 Å². The Morgan fingerprint density at radius 2 is 2.12 bits per heavy atom. The molecule has 170 valence electrons. The summed E-state index contributed by atoms with van der Waals surface area (Å²) in [7, 11) is -2.33. The highest BCUT2D eigenvalue weighted by Crippen LogP contribution is 2.47. The van der Waals surface area contributed by atoms with Crippen LogP contribution in [0.2, 0.25) is 5.02 Å². The molecule has 4 aromatic rings. The highest BCUT2D eigenvalue weighted by Gasteiger charge is 2.43. The van der Waals surface area contributed by atoms with Crippen LogP contribution in [0.5, 0.6) is 0 Å². The Morgan fingerprint density at radius 1 is 1.33 bits per heavy atom. The Bertz CT molecular complexity index is 1540. The van der Waals surface area contributed by atoms with Gasteiger partial charge in [0.25, 0.3) is 0 Å². The van der Waals surface area contributed by atoms with Crippen LogP contribution in [-0.4, -0.2) is 41.5 Å². The summed E-state index contributed by atoms with van der Waals surface area (Å²) in [6, 6.07) is 6.38. The van der Waals surface area contributed by atoms with Crippen molar-refractivity contribution in [2.45, 2.75) is 12.5 Å². The zero-order chi connectivity index (χ0) is 23.5. The topological polar surface area (TPSA) is 115 Å². The van der Waals surface area contributed by atoms with Crippen LogP contribution < -0.4 is 5.73 Å². The Balaban J connectivity index is 1.67. The minimum absolute atomic E-state index is 0.121. The van der Waals surface area contributed by atoms with E-state index in [4.69, 9.17) is 21.8 Å². The van der Waals surface area contributed by atoms with Crippen LogP contribution in [-0.2, 0) is 15.6 Å². The van der Waals surface area contributed by atoms with Crippen molar-refractivity contribution in [3.8, 4) is 22.6 Å². The van der Waals surface area contributed by atoms with Gasteiger partial charge in [-0.1, -0.05) is 17.7 Å². The second-order valence-electron chi connectivity index (χ2n) is 7.81. The molecule has 2 N–H and O–H groups in total. The van der Waals surface area contributed by atoms with Gasteiger partial charge in [-0.3, -0.25) is 4.98 Å². The van der Waals surface area contributed by atoms with Crippen LogP contribution in [0.15, 0.2) is 52.5 Å². The van der Waals surface area contributed by atoms with Crippen LogP contribution in [0.25, 0.3) is 32.7 Å². The average Bonchev–Trinajstić information content (AvgIpc) is 3.41. The summed E-state index contributed by atoms with van der Waals surface area (Å²) >= 11 is 7.93. The molecular formula is C21H17ClFN5O3S2. The number of sulfonamides is 1. The lowest BCUT2D eigenvalue weighted by Gasteiger charge is -2.33. The molecular weight excluding hydrogens is 489 g/mol. The molecule has 1 atom stereocenters. The number of oxazole rings is 1.